The third-order valence-electron chi connectivity index (χ3n) is 2.42. The van der Waals surface area contributed by atoms with Crippen LogP contribution in [0.1, 0.15) is 29.3 Å². The highest BCUT2D eigenvalue weighted by atomic mass is 16.4. The van der Waals surface area contributed by atoms with Crippen LogP contribution in [0.4, 0.5) is 5.69 Å². The van der Waals surface area contributed by atoms with E-state index < -0.39 is 5.97 Å². The van der Waals surface area contributed by atoms with Crippen molar-refractivity contribution in [1.82, 2.24) is 5.32 Å². The van der Waals surface area contributed by atoms with Crippen LogP contribution in [0, 0.1) is 6.92 Å². The van der Waals surface area contributed by atoms with Gasteiger partial charge in [-0.3, -0.25) is 4.79 Å². The van der Waals surface area contributed by atoms with Crippen molar-refractivity contribution in [2.75, 3.05) is 18.4 Å². The van der Waals surface area contributed by atoms with Gasteiger partial charge in [-0.15, -0.1) is 0 Å². The zero-order chi connectivity index (χ0) is 13.5. The van der Waals surface area contributed by atoms with Gasteiger partial charge in [0.05, 0.1) is 12.1 Å². The highest BCUT2D eigenvalue weighted by Gasteiger charge is 2.10. The van der Waals surface area contributed by atoms with Gasteiger partial charge in [-0.05, 0) is 25.5 Å². The Morgan fingerprint density at radius 2 is 2.06 bits per heavy atom. The van der Waals surface area contributed by atoms with Crippen molar-refractivity contribution in [2.45, 2.75) is 20.3 Å². The maximum Gasteiger partial charge on any atom is 0.337 e. The van der Waals surface area contributed by atoms with Gasteiger partial charge in [0.2, 0.25) is 5.91 Å². The van der Waals surface area contributed by atoms with E-state index in [4.69, 9.17) is 5.11 Å². The minimum Gasteiger partial charge on any atom is -0.478 e. The maximum atomic E-state index is 11.4. The average molecular weight is 250 g/mol. The number of benzene rings is 1. The van der Waals surface area contributed by atoms with Crippen molar-refractivity contribution in [1.29, 1.82) is 0 Å². The molecule has 0 radical (unpaired) electrons. The minimum absolute atomic E-state index is 0.0728. The Labute approximate surface area is 106 Å². The summed E-state index contributed by atoms with van der Waals surface area (Å²) in [6.07, 6.45) is 0.872. The van der Waals surface area contributed by atoms with E-state index in [-0.39, 0.29) is 18.0 Å². The molecule has 0 bridgehead atoms. The van der Waals surface area contributed by atoms with E-state index in [2.05, 4.69) is 10.6 Å². The van der Waals surface area contributed by atoms with Gasteiger partial charge in [0.25, 0.3) is 0 Å². The molecule has 0 heterocycles. The molecule has 0 saturated heterocycles. The normalized spacial score (nSPS) is 9.89. The van der Waals surface area contributed by atoms with Crippen LogP contribution >= 0.6 is 0 Å². The monoisotopic (exact) mass is 250 g/mol. The largest absolute Gasteiger partial charge is 0.478 e. The highest BCUT2D eigenvalue weighted by molar-refractivity contribution is 5.95. The Morgan fingerprint density at radius 1 is 1.33 bits per heavy atom. The molecule has 0 atom stereocenters. The second-order valence-corrected chi connectivity index (χ2v) is 4.06. The second kappa shape index (κ2) is 6.64. The van der Waals surface area contributed by atoms with E-state index in [9.17, 15) is 9.59 Å². The highest BCUT2D eigenvalue weighted by Crippen LogP contribution is 2.16. The van der Waals surface area contributed by atoms with Crippen LogP contribution in [-0.2, 0) is 4.79 Å². The Bertz CT molecular complexity index is 444. The molecule has 0 spiro atoms. The molecule has 0 aliphatic carbocycles. The number of aryl methyl sites for hydroxylation is 1. The number of nitrogens with one attached hydrogen (secondary N) is 2. The Kier molecular flexibility index (Phi) is 5.17. The van der Waals surface area contributed by atoms with Crippen LogP contribution in [0.15, 0.2) is 18.2 Å². The molecule has 5 heteroatoms. The van der Waals surface area contributed by atoms with Gasteiger partial charge in [0.15, 0.2) is 0 Å². The molecule has 1 rings (SSSR count). The lowest BCUT2D eigenvalue weighted by Crippen LogP contribution is -2.30. The van der Waals surface area contributed by atoms with Crippen molar-refractivity contribution in [3.8, 4) is 0 Å². The number of carbonyl (C=O) groups excluding carboxylic acids is 1. The Balaban J connectivity index is 2.67. The van der Waals surface area contributed by atoms with Crippen LogP contribution < -0.4 is 10.6 Å². The van der Waals surface area contributed by atoms with Gasteiger partial charge < -0.3 is 15.7 Å². The number of hydrogen-bond donors (Lipinski definition) is 3. The van der Waals surface area contributed by atoms with E-state index in [0.717, 1.165) is 12.0 Å². The van der Waals surface area contributed by atoms with Crippen molar-refractivity contribution in [3.63, 3.8) is 0 Å². The van der Waals surface area contributed by atoms with Crippen LogP contribution in [-0.4, -0.2) is 30.1 Å². The number of hydrogen-bond acceptors (Lipinski definition) is 3. The third-order valence-corrected chi connectivity index (χ3v) is 2.42. The third kappa shape index (κ3) is 4.08. The topological polar surface area (TPSA) is 78.4 Å². The van der Waals surface area contributed by atoms with Crippen molar-refractivity contribution >= 4 is 17.6 Å². The van der Waals surface area contributed by atoms with Crippen molar-refractivity contribution in [2.24, 2.45) is 0 Å². The number of amides is 1. The van der Waals surface area contributed by atoms with E-state index >= 15 is 0 Å². The van der Waals surface area contributed by atoms with Gasteiger partial charge in [-0.25, -0.2) is 4.79 Å². The summed E-state index contributed by atoms with van der Waals surface area (Å²) >= 11 is 0. The molecule has 0 aliphatic rings. The average Bonchev–Trinajstić information content (AvgIpc) is 2.34. The molecule has 3 N–H and O–H groups in total. The fraction of sp³-hybridized carbons (Fsp3) is 0.385. The molecule has 0 fully saturated rings. The molecule has 18 heavy (non-hydrogen) atoms. The van der Waals surface area contributed by atoms with Crippen molar-refractivity contribution in [3.05, 3.63) is 29.3 Å². The zero-order valence-electron chi connectivity index (χ0n) is 10.6. The molecule has 1 amide bonds. The number of carboxylic acids is 1. The molecule has 98 valence electrons. The van der Waals surface area contributed by atoms with Gasteiger partial charge in [0.1, 0.15) is 0 Å². The molecule has 1 aromatic rings. The lowest BCUT2D eigenvalue weighted by molar-refractivity contribution is -0.119. The predicted octanol–water partition coefficient (Wildman–Crippen LogP) is 1.63. The molecule has 0 aromatic heterocycles. The molecule has 5 nitrogen and oxygen atoms in total. The lowest BCUT2D eigenvalue weighted by Gasteiger charge is -2.10. The van der Waals surface area contributed by atoms with E-state index in [1.165, 1.54) is 0 Å². The molecule has 1 aromatic carbocycles. The SMILES string of the molecule is CCCNC(=O)CNc1ccc(C)cc1C(=O)O. The summed E-state index contributed by atoms with van der Waals surface area (Å²) in [5, 5.41) is 14.6. The molecule has 0 saturated carbocycles. The first kappa shape index (κ1) is 14.0. The van der Waals surface area contributed by atoms with Gasteiger partial charge in [-0.1, -0.05) is 18.6 Å². The lowest BCUT2D eigenvalue weighted by atomic mass is 10.1. The van der Waals surface area contributed by atoms with Crippen LogP contribution in [0.2, 0.25) is 0 Å². The summed E-state index contributed by atoms with van der Waals surface area (Å²) in [6.45, 7) is 4.49. The summed E-state index contributed by atoms with van der Waals surface area (Å²) in [6, 6.07) is 5.05. The molecule has 0 aliphatic heterocycles. The summed E-state index contributed by atoms with van der Waals surface area (Å²) in [7, 11) is 0. The Morgan fingerprint density at radius 3 is 2.67 bits per heavy atom. The first-order valence-electron chi connectivity index (χ1n) is 5.89. The first-order chi connectivity index (χ1) is 8.54. The zero-order valence-corrected chi connectivity index (χ0v) is 10.6. The van der Waals surface area contributed by atoms with Crippen LogP contribution in [0.3, 0.4) is 0 Å². The first-order valence-corrected chi connectivity index (χ1v) is 5.89. The minimum atomic E-state index is -1.00. The van der Waals surface area contributed by atoms with Gasteiger partial charge in [-0.2, -0.15) is 0 Å². The van der Waals surface area contributed by atoms with E-state index in [1.54, 1.807) is 18.2 Å². The van der Waals surface area contributed by atoms with Crippen molar-refractivity contribution < 1.29 is 14.7 Å². The smallest absolute Gasteiger partial charge is 0.337 e. The number of carboxylic acid groups (broad SMARTS) is 1. The standard InChI is InChI=1S/C13H18N2O3/c1-3-6-14-12(16)8-15-11-5-4-9(2)7-10(11)13(17)18/h4-5,7,15H,3,6,8H2,1-2H3,(H,14,16)(H,17,18). The van der Waals surface area contributed by atoms with Crippen LogP contribution in [0.25, 0.3) is 0 Å². The molecule has 0 unspecified atom stereocenters. The number of carbonyl (C=O) groups is 2. The number of anilines is 1. The summed E-state index contributed by atoms with van der Waals surface area (Å²) in [4.78, 5) is 22.5. The van der Waals surface area contributed by atoms with Crippen LogP contribution in [0.5, 0.6) is 0 Å². The fourth-order valence-electron chi connectivity index (χ4n) is 1.49. The second-order valence-electron chi connectivity index (χ2n) is 4.06. The molecular formula is C13H18N2O3. The number of rotatable bonds is 6. The molecular weight excluding hydrogens is 232 g/mol. The summed E-state index contributed by atoms with van der Waals surface area (Å²) < 4.78 is 0. The fourth-order valence-corrected chi connectivity index (χ4v) is 1.49. The predicted molar refractivity (Wildman–Crippen MR) is 69.9 cm³/mol. The Hall–Kier alpha value is -2.04. The van der Waals surface area contributed by atoms with Gasteiger partial charge in [0, 0.05) is 12.2 Å². The summed E-state index contributed by atoms with van der Waals surface area (Å²) in [5.41, 5.74) is 1.51. The summed E-state index contributed by atoms with van der Waals surface area (Å²) in [5.74, 6) is -1.15. The number of aromatic carboxylic acids is 1. The maximum absolute atomic E-state index is 11.4. The van der Waals surface area contributed by atoms with Gasteiger partial charge >= 0.3 is 5.97 Å². The van der Waals surface area contributed by atoms with E-state index in [1.807, 2.05) is 13.8 Å². The van der Waals surface area contributed by atoms with E-state index in [0.29, 0.717) is 12.2 Å². The quantitative estimate of drug-likeness (QED) is 0.717.